The first-order valence-electron chi connectivity index (χ1n) is 5.63. The summed E-state index contributed by atoms with van der Waals surface area (Å²) in [5.74, 6) is 1.28. The van der Waals surface area contributed by atoms with Gasteiger partial charge < -0.3 is 15.2 Å². The van der Waals surface area contributed by atoms with Crippen molar-refractivity contribution in [1.29, 1.82) is 0 Å². The van der Waals surface area contributed by atoms with Gasteiger partial charge in [-0.3, -0.25) is 4.79 Å². The molecule has 6 nitrogen and oxygen atoms in total. The molecule has 1 heterocycles. The van der Waals surface area contributed by atoms with Crippen LogP contribution in [0, 0.1) is 0 Å². The van der Waals surface area contributed by atoms with E-state index in [4.69, 9.17) is 15.2 Å². The largest absolute Gasteiger partial charge is 0.497 e. The molecule has 0 aliphatic carbocycles. The van der Waals surface area contributed by atoms with Crippen molar-refractivity contribution in [3.05, 3.63) is 34.6 Å². The number of nitrogen functional groups attached to an aromatic ring is 1. The van der Waals surface area contributed by atoms with Crippen LogP contribution in [0.4, 0.5) is 5.69 Å². The number of aromatic nitrogens is 2. The van der Waals surface area contributed by atoms with Gasteiger partial charge in [-0.05, 0) is 18.2 Å². The van der Waals surface area contributed by atoms with Crippen LogP contribution in [0.15, 0.2) is 29.1 Å². The zero-order chi connectivity index (χ0) is 14.0. The highest BCUT2D eigenvalue weighted by molar-refractivity contribution is 5.70. The first-order chi connectivity index (χ1) is 9.06. The van der Waals surface area contributed by atoms with E-state index in [0.29, 0.717) is 17.2 Å². The maximum Gasteiger partial charge on any atom is 0.289 e. The van der Waals surface area contributed by atoms with Gasteiger partial charge in [-0.15, -0.1) is 0 Å². The molecule has 100 valence electrons. The molecule has 0 amide bonds. The van der Waals surface area contributed by atoms with Crippen LogP contribution in [0.5, 0.6) is 11.5 Å². The lowest BCUT2D eigenvalue weighted by Gasteiger charge is -2.11. The number of methoxy groups -OCH3 is 2. The molecule has 0 bridgehead atoms. The molecule has 0 fully saturated rings. The standard InChI is InChI=1S/C13H15N3O3/c1-16-13(17)10(14)7-11(15-16)9-5-4-8(18-2)6-12(9)19-3/h4-7H,14H2,1-3H3. The second-order valence-corrected chi connectivity index (χ2v) is 3.98. The summed E-state index contributed by atoms with van der Waals surface area (Å²) in [6.45, 7) is 0. The summed E-state index contributed by atoms with van der Waals surface area (Å²) >= 11 is 0. The molecule has 6 heteroatoms. The van der Waals surface area contributed by atoms with Gasteiger partial charge in [0.1, 0.15) is 17.2 Å². The van der Waals surface area contributed by atoms with Gasteiger partial charge in [-0.25, -0.2) is 4.68 Å². The summed E-state index contributed by atoms with van der Waals surface area (Å²) in [5, 5.41) is 4.17. The number of nitrogens with two attached hydrogens (primary N) is 1. The van der Waals surface area contributed by atoms with E-state index in [0.717, 1.165) is 5.56 Å². The predicted molar refractivity (Wildman–Crippen MR) is 72.4 cm³/mol. The van der Waals surface area contributed by atoms with Gasteiger partial charge in [0.15, 0.2) is 0 Å². The van der Waals surface area contributed by atoms with E-state index in [2.05, 4.69) is 5.10 Å². The number of hydrogen-bond donors (Lipinski definition) is 1. The molecule has 19 heavy (non-hydrogen) atoms. The molecule has 1 aromatic carbocycles. The minimum absolute atomic E-state index is 0.144. The van der Waals surface area contributed by atoms with Gasteiger partial charge in [-0.1, -0.05) is 0 Å². The molecule has 0 saturated heterocycles. The summed E-state index contributed by atoms with van der Waals surface area (Å²) < 4.78 is 11.6. The molecular formula is C13H15N3O3. The van der Waals surface area contributed by atoms with Crippen LogP contribution in [0.3, 0.4) is 0 Å². The molecule has 0 atom stereocenters. The second-order valence-electron chi connectivity index (χ2n) is 3.98. The molecule has 2 rings (SSSR count). The Hall–Kier alpha value is -2.50. The van der Waals surface area contributed by atoms with E-state index in [-0.39, 0.29) is 11.2 Å². The van der Waals surface area contributed by atoms with Crippen molar-refractivity contribution in [3.8, 4) is 22.8 Å². The zero-order valence-corrected chi connectivity index (χ0v) is 11.0. The summed E-state index contributed by atoms with van der Waals surface area (Å²) in [6, 6.07) is 6.88. The normalized spacial score (nSPS) is 10.3. The third-order valence-corrected chi connectivity index (χ3v) is 2.78. The predicted octanol–water partition coefficient (Wildman–Crippen LogP) is 1.05. The first kappa shape index (κ1) is 12.9. The van der Waals surface area contributed by atoms with Crippen molar-refractivity contribution < 1.29 is 9.47 Å². The van der Waals surface area contributed by atoms with Crippen molar-refractivity contribution in [3.63, 3.8) is 0 Å². The topological polar surface area (TPSA) is 79.4 Å². The number of aryl methyl sites for hydroxylation is 1. The van der Waals surface area contributed by atoms with Gasteiger partial charge in [0, 0.05) is 18.7 Å². The number of anilines is 1. The summed E-state index contributed by atoms with van der Waals surface area (Å²) in [4.78, 5) is 11.5. The fraction of sp³-hybridized carbons (Fsp3) is 0.231. The lowest BCUT2D eigenvalue weighted by Crippen LogP contribution is -2.22. The Morgan fingerprint density at radius 2 is 1.95 bits per heavy atom. The van der Waals surface area contributed by atoms with Crippen LogP contribution in [0.25, 0.3) is 11.3 Å². The molecule has 1 aromatic heterocycles. The molecule has 0 aliphatic heterocycles. The Labute approximate surface area is 110 Å². The third-order valence-electron chi connectivity index (χ3n) is 2.78. The van der Waals surface area contributed by atoms with Gasteiger partial charge in [0.2, 0.25) is 0 Å². The van der Waals surface area contributed by atoms with Crippen LogP contribution in [0.2, 0.25) is 0 Å². The SMILES string of the molecule is COc1ccc(-c2cc(N)c(=O)n(C)n2)c(OC)c1. The average molecular weight is 261 g/mol. The zero-order valence-electron chi connectivity index (χ0n) is 11.0. The lowest BCUT2D eigenvalue weighted by atomic mass is 10.1. The lowest BCUT2D eigenvalue weighted by molar-refractivity contribution is 0.395. The van der Waals surface area contributed by atoms with Crippen LogP contribution >= 0.6 is 0 Å². The van der Waals surface area contributed by atoms with E-state index in [1.54, 1.807) is 33.4 Å². The van der Waals surface area contributed by atoms with Crippen molar-refractivity contribution in [1.82, 2.24) is 9.78 Å². The number of hydrogen-bond acceptors (Lipinski definition) is 5. The Morgan fingerprint density at radius 3 is 2.53 bits per heavy atom. The Kier molecular flexibility index (Phi) is 3.41. The molecular weight excluding hydrogens is 246 g/mol. The van der Waals surface area contributed by atoms with Crippen LogP contribution in [0.1, 0.15) is 0 Å². The molecule has 0 spiro atoms. The minimum Gasteiger partial charge on any atom is -0.497 e. The van der Waals surface area contributed by atoms with Gasteiger partial charge in [-0.2, -0.15) is 5.10 Å². The van der Waals surface area contributed by atoms with Gasteiger partial charge in [0.25, 0.3) is 5.56 Å². The molecule has 0 unspecified atom stereocenters. The minimum atomic E-state index is -0.323. The Balaban J connectivity index is 2.61. The van der Waals surface area contributed by atoms with E-state index >= 15 is 0 Å². The van der Waals surface area contributed by atoms with Crippen LogP contribution < -0.4 is 20.8 Å². The number of nitrogens with zero attached hydrogens (tertiary/aromatic N) is 2. The van der Waals surface area contributed by atoms with Crippen LogP contribution in [-0.2, 0) is 7.05 Å². The molecule has 2 aromatic rings. The second kappa shape index (κ2) is 5.01. The van der Waals surface area contributed by atoms with E-state index in [1.165, 1.54) is 10.7 Å². The monoisotopic (exact) mass is 261 g/mol. The molecule has 0 aliphatic rings. The quantitative estimate of drug-likeness (QED) is 0.893. The smallest absolute Gasteiger partial charge is 0.289 e. The van der Waals surface area contributed by atoms with Crippen molar-refractivity contribution in [2.75, 3.05) is 20.0 Å². The van der Waals surface area contributed by atoms with E-state index < -0.39 is 0 Å². The third kappa shape index (κ3) is 2.37. The first-order valence-corrected chi connectivity index (χ1v) is 5.63. The highest BCUT2D eigenvalue weighted by Gasteiger charge is 2.11. The number of rotatable bonds is 3. The van der Waals surface area contributed by atoms with Gasteiger partial charge in [0.05, 0.1) is 19.9 Å². The molecule has 0 saturated carbocycles. The van der Waals surface area contributed by atoms with Crippen molar-refractivity contribution in [2.45, 2.75) is 0 Å². The van der Waals surface area contributed by atoms with E-state index in [1.807, 2.05) is 6.07 Å². The highest BCUT2D eigenvalue weighted by Crippen LogP contribution is 2.32. The number of ether oxygens (including phenoxy) is 2. The van der Waals surface area contributed by atoms with Crippen molar-refractivity contribution in [2.24, 2.45) is 7.05 Å². The molecule has 2 N–H and O–H groups in total. The highest BCUT2D eigenvalue weighted by atomic mass is 16.5. The van der Waals surface area contributed by atoms with Gasteiger partial charge >= 0.3 is 0 Å². The maximum absolute atomic E-state index is 11.5. The van der Waals surface area contributed by atoms with Crippen molar-refractivity contribution >= 4 is 5.69 Å². The fourth-order valence-corrected chi connectivity index (χ4v) is 1.77. The summed E-state index contributed by atoms with van der Waals surface area (Å²) in [7, 11) is 4.69. The average Bonchev–Trinajstić information content (AvgIpc) is 2.43. The summed E-state index contributed by atoms with van der Waals surface area (Å²) in [6.07, 6.45) is 0. The fourth-order valence-electron chi connectivity index (χ4n) is 1.77. The Bertz CT molecular complexity index is 638. The van der Waals surface area contributed by atoms with Crippen LogP contribution in [-0.4, -0.2) is 24.0 Å². The maximum atomic E-state index is 11.5. The summed E-state index contributed by atoms with van der Waals surface area (Å²) in [5.41, 5.74) is 6.80. The molecule has 0 radical (unpaired) electrons. The Morgan fingerprint density at radius 1 is 1.21 bits per heavy atom. The number of benzene rings is 1. The van der Waals surface area contributed by atoms with E-state index in [9.17, 15) is 4.79 Å².